The van der Waals surface area contributed by atoms with Gasteiger partial charge < -0.3 is 15.3 Å². The lowest BCUT2D eigenvalue weighted by Crippen LogP contribution is -2.42. The number of amides is 2. The van der Waals surface area contributed by atoms with Crippen molar-refractivity contribution in [1.29, 1.82) is 0 Å². The third kappa shape index (κ3) is 3.88. The van der Waals surface area contributed by atoms with E-state index in [9.17, 15) is 14.0 Å². The first-order chi connectivity index (χ1) is 10.3. The largest absolute Gasteiger partial charge is 0.481 e. The molecule has 0 radical (unpaired) electrons. The third-order valence-electron chi connectivity index (χ3n) is 3.79. The molecule has 2 rings (SSSR count). The van der Waals surface area contributed by atoms with E-state index in [1.807, 2.05) is 0 Å². The molecule has 2 amide bonds. The van der Waals surface area contributed by atoms with Crippen LogP contribution in [0.5, 0.6) is 0 Å². The molecule has 3 atom stereocenters. The van der Waals surface area contributed by atoms with Crippen molar-refractivity contribution in [2.45, 2.75) is 25.3 Å². The van der Waals surface area contributed by atoms with Crippen LogP contribution in [0.25, 0.3) is 0 Å². The summed E-state index contributed by atoms with van der Waals surface area (Å²) in [5.41, 5.74) is 0.800. The fraction of sp³-hybridized carbons (Fsp3) is 0.467. The van der Waals surface area contributed by atoms with Gasteiger partial charge in [0.05, 0.1) is 10.9 Å². The van der Waals surface area contributed by atoms with E-state index in [0.29, 0.717) is 0 Å². The molecule has 0 heterocycles. The van der Waals surface area contributed by atoms with Gasteiger partial charge in [-0.1, -0.05) is 24.6 Å². The van der Waals surface area contributed by atoms with E-state index >= 15 is 0 Å². The first-order valence-corrected chi connectivity index (χ1v) is 7.36. The highest BCUT2D eigenvalue weighted by atomic mass is 35.5. The number of carboxylic acids is 1. The molecular formula is C15H18ClFN2O3. The lowest BCUT2D eigenvalue weighted by Gasteiger charge is -2.20. The van der Waals surface area contributed by atoms with Gasteiger partial charge in [0.15, 0.2) is 0 Å². The highest BCUT2D eigenvalue weighted by Gasteiger charge is 2.40. The lowest BCUT2D eigenvalue weighted by atomic mass is 10.1. The van der Waals surface area contributed by atoms with Gasteiger partial charge in [-0.15, -0.1) is 0 Å². The molecule has 0 saturated heterocycles. The van der Waals surface area contributed by atoms with E-state index in [1.165, 1.54) is 17.0 Å². The van der Waals surface area contributed by atoms with Crippen LogP contribution in [0, 0.1) is 11.7 Å². The van der Waals surface area contributed by atoms with Crippen LogP contribution in [-0.4, -0.2) is 41.6 Å². The van der Waals surface area contributed by atoms with Crippen LogP contribution >= 0.6 is 11.6 Å². The lowest BCUT2D eigenvalue weighted by molar-refractivity contribution is -0.141. The summed E-state index contributed by atoms with van der Waals surface area (Å²) in [7, 11) is 1.55. The number of hydrogen-bond acceptors (Lipinski definition) is 2. The minimum absolute atomic E-state index is 0.0596. The van der Waals surface area contributed by atoms with E-state index in [2.05, 4.69) is 5.32 Å². The predicted molar refractivity (Wildman–Crippen MR) is 80.5 cm³/mol. The van der Waals surface area contributed by atoms with Crippen LogP contribution in [0.15, 0.2) is 18.2 Å². The first kappa shape index (κ1) is 16.5. The van der Waals surface area contributed by atoms with Crippen LogP contribution in [0.1, 0.15) is 24.8 Å². The van der Waals surface area contributed by atoms with Gasteiger partial charge >= 0.3 is 12.0 Å². The SMILES string of the molecule is CC(CN(C)C(=O)N[C@@H]1C[C@H]1c1ccc(Cl)c(F)c1)C(=O)O. The zero-order valence-electron chi connectivity index (χ0n) is 12.3. The molecule has 0 aliphatic heterocycles. The van der Waals surface area contributed by atoms with Gasteiger partial charge in [0.1, 0.15) is 5.82 Å². The maximum atomic E-state index is 13.4. The number of carboxylic acid groups (broad SMARTS) is 1. The molecule has 1 fully saturated rings. The molecule has 22 heavy (non-hydrogen) atoms. The molecule has 1 aliphatic rings. The van der Waals surface area contributed by atoms with Crippen LogP contribution in [0.2, 0.25) is 5.02 Å². The smallest absolute Gasteiger partial charge is 0.317 e. The number of nitrogens with one attached hydrogen (secondary N) is 1. The summed E-state index contributed by atoms with van der Waals surface area (Å²) in [6, 6.07) is 4.25. The Bertz CT molecular complexity index is 596. The molecule has 5 nitrogen and oxygen atoms in total. The van der Waals surface area contributed by atoms with Crippen molar-refractivity contribution in [3.8, 4) is 0 Å². The Morgan fingerprint density at radius 3 is 2.82 bits per heavy atom. The van der Waals surface area contributed by atoms with Gasteiger partial charge in [-0.2, -0.15) is 0 Å². The molecule has 1 aromatic carbocycles. The molecule has 0 spiro atoms. The molecule has 7 heteroatoms. The number of halogens is 2. The Morgan fingerprint density at radius 2 is 2.23 bits per heavy atom. The van der Waals surface area contributed by atoms with Crippen LogP contribution in [0.4, 0.5) is 9.18 Å². The van der Waals surface area contributed by atoms with E-state index in [0.717, 1.165) is 12.0 Å². The first-order valence-electron chi connectivity index (χ1n) is 6.99. The summed E-state index contributed by atoms with van der Waals surface area (Å²) in [6.45, 7) is 1.68. The Balaban J connectivity index is 1.86. The number of carbonyl (C=O) groups is 2. The second kappa shape index (κ2) is 6.52. The third-order valence-corrected chi connectivity index (χ3v) is 4.09. The molecule has 120 valence electrons. The zero-order valence-corrected chi connectivity index (χ0v) is 13.1. The number of urea groups is 1. The van der Waals surface area contributed by atoms with E-state index < -0.39 is 17.7 Å². The Hall–Kier alpha value is -1.82. The van der Waals surface area contributed by atoms with Gasteiger partial charge in [0.25, 0.3) is 0 Å². The highest BCUT2D eigenvalue weighted by Crippen LogP contribution is 2.41. The summed E-state index contributed by atoms with van der Waals surface area (Å²) in [5.74, 6) is -1.97. The Morgan fingerprint density at radius 1 is 1.55 bits per heavy atom. The number of benzene rings is 1. The second-order valence-electron chi connectivity index (χ2n) is 5.69. The van der Waals surface area contributed by atoms with Crippen LogP contribution in [0.3, 0.4) is 0 Å². The number of rotatable bonds is 5. The molecule has 1 saturated carbocycles. The van der Waals surface area contributed by atoms with Crippen molar-refractivity contribution >= 4 is 23.6 Å². The zero-order chi connectivity index (χ0) is 16.4. The fourth-order valence-electron chi connectivity index (χ4n) is 2.31. The number of carbonyl (C=O) groups excluding carboxylic acids is 1. The van der Waals surface area contributed by atoms with Gasteiger partial charge in [-0.05, 0) is 24.1 Å². The second-order valence-corrected chi connectivity index (χ2v) is 6.10. The van der Waals surface area contributed by atoms with Crippen molar-refractivity contribution in [2.75, 3.05) is 13.6 Å². The summed E-state index contributed by atoms with van der Waals surface area (Å²) < 4.78 is 13.4. The quantitative estimate of drug-likeness (QED) is 0.873. The van der Waals surface area contributed by atoms with Gasteiger partial charge in [0, 0.05) is 25.6 Å². The summed E-state index contributed by atoms with van der Waals surface area (Å²) >= 11 is 5.64. The summed E-state index contributed by atoms with van der Waals surface area (Å²) in [6.07, 6.45) is 0.731. The minimum atomic E-state index is -0.944. The van der Waals surface area contributed by atoms with E-state index in [4.69, 9.17) is 16.7 Å². The number of nitrogens with zero attached hydrogens (tertiary/aromatic N) is 1. The summed E-state index contributed by atoms with van der Waals surface area (Å²) in [5, 5.41) is 11.7. The monoisotopic (exact) mass is 328 g/mol. The van der Waals surface area contributed by atoms with E-state index in [1.54, 1.807) is 20.0 Å². The Kier molecular flexibility index (Phi) is 4.90. The molecule has 1 aromatic rings. The van der Waals surface area contributed by atoms with Gasteiger partial charge in [-0.25, -0.2) is 9.18 Å². The fourth-order valence-corrected chi connectivity index (χ4v) is 2.42. The minimum Gasteiger partial charge on any atom is -0.481 e. The molecule has 1 unspecified atom stereocenters. The maximum absolute atomic E-state index is 13.4. The highest BCUT2D eigenvalue weighted by molar-refractivity contribution is 6.30. The van der Waals surface area contributed by atoms with Gasteiger partial charge in [0.2, 0.25) is 0 Å². The maximum Gasteiger partial charge on any atom is 0.317 e. The van der Waals surface area contributed by atoms with Crippen molar-refractivity contribution in [1.82, 2.24) is 10.2 Å². The van der Waals surface area contributed by atoms with Crippen molar-refractivity contribution < 1.29 is 19.1 Å². The standard InChI is InChI=1S/C15H18ClFN2O3/c1-8(14(20)21)7-19(2)15(22)18-13-6-10(13)9-3-4-11(16)12(17)5-9/h3-5,8,10,13H,6-7H2,1-2H3,(H,18,22)(H,20,21)/t8?,10-,13+/m0/s1. The van der Waals surface area contributed by atoms with Crippen molar-refractivity contribution in [3.05, 3.63) is 34.6 Å². The topological polar surface area (TPSA) is 69.6 Å². The molecule has 1 aliphatic carbocycles. The average molecular weight is 329 g/mol. The summed E-state index contributed by atoms with van der Waals surface area (Å²) in [4.78, 5) is 24.1. The molecular weight excluding hydrogens is 311 g/mol. The average Bonchev–Trinajstić information content (AvgIpc) is 3.20. The van der Waals surface area contributed by atoms with E-state index in [-0.39, 0.29) is 29.6 Å². The normalized spacial score (nSPS) is 21.1. The van der Waals surface area contributed by atoms with Crippen LogP contribution < -0.4 is 5.32 Å². The molecule has 2 N–H and O–H groups in total. The van der Waals surface area contributed by atoms with Gasteiger partial charge in [-0.3, -0.25) is 4.79 Å². The predicted octanol–water partition coefficient (Wildman–Crippen LogP) is 2.70. The number of aliphatic carboxylic acids is 1. The van der Waals surface area contributed by atoms with Crippen LogP contribution in [-0.2, 0) is 4.79 Å². The van der Waals surface area contributed by atoms with Crippen molar-refractivity contribution in [3.63, 3.8) is 0 Å². The van der Waals surface area contributed by atoms with Crippen molar-refractivity contribution in [2.24, 2.45) is 5.92 Å². The molecule has 0 bridgehead atoms. The Labute approximate surface area is 133 Å². The number of hydrogen-bond donors (Lipinski definition) is 2. The molecule has 0 aromatic heterocycles.